The lowest BCUT2D eigenvalue weighted by Gasteiger charge is -2.14. The molecule has 0 bridgehead atoms. The van der Waals surface area contributed by atoms with Crippen molar-refractivity contribution in [2.45, 2.75) is 36.1 Å². The highest BCUT2D eigenvalue weighted by atomic mass is 32.2. The Kier molecular flexibility index (Phi) is 7.48. The van der Waals surface area contributed by atoms with Gasteiger partial charge in [-0.1, -0.05) is 36.4 Å². The number of benzene rings is 2. The van der Waals surface area contributed by atoms with E-state index in [0.717, 1.165) is 46.8 Å². The summed E-state index contributed by atoms with van der Waals surface area (Å²) >= 11 is 1.25. The Balaban J connectivity index is 1.26. The first-order chi connectivity index (χ1) is 17.5. The summed E-state index contributed by atoms with van der Waals surface area (Å²) in [5.74, 6) is 0.723. The third kappa shape index (κ3) is 5.68. The van der Waals surface area contributed by atoms with Gasteiger partial charge in [0.25, 0.3) is 0 Å². The molecular formula is C28H29N3O3S2. The van der Waals surface area contributed by atoms with E-state index in [4.69, 9.17) is 4.74 Å². The highest BCUT2D eigenvalue weighted by molar-refractivity contribution is 7.91. The molecule has 0 aliphatic heterocycles. The van der Waals surface area contributed by atoms with Gasteiger partial charge in [0.1, 0.15) is 9.96 Å². The molecule has 0 atom stereocenters. The highest BCUT2D eigenvalue weighted by Crippen LogP contribution is 2.37. The average Bonchev–Trinajstić information content (AvgIpc) is 3.56. The van der Waals surface area contributed by atoms with Crippen LogP contribution >= 0.6 is 11.3 Å². The molecule has 0 fully saturated rings. The van der Waals surface area contributed by atoms with Crippen LogP contribution in [0.25, 0.3) is 10.4 Å². The Morgan fingerprint density at radius 2 is 1.78 bits per heavy atom. The quantitative estimate of drug-likeness (QED) is 0.320. The van der Waals surface area contributed by atoms with Crippen LogP contribution in [0.2, 0.25) is 0 Å². The Hall–Kier alpha value is -3.04. The number of hydrogen-bond donors (Lipinski definition) is 2. The number of rotatable bonds is 10. The van der Waals surface area contributed by atoms with Crippen molar-refractivity contribution < 1.29 is 13.2 Å². The van der Waals surface area contributed by atoms with Crippen molar-refractivity contribution in [1.82, 2.24) is 15.0 Å². The van der Waals surface area contributed by atoms with Crippen LogP contribution in [0.15, 0.2) is 83.2 Å². The summed E-state index contributed by atoms with van der Waals surface area (Å²) in [7, 11) is -1.97. The normalized spacial score (nSPS) is 13.6. The summed E-state index contributed by atoms with van der Waals surface area (Å²) < 4.78 is 34.3. The Morgan fingerprint density at radius 3 is 2.50 bits per heavy atom. The molecule has 2 aromatic carbocycles. The second-order valence-corrected chi connectivity index (χ2v) is 12.0. The zero-order valence-corrected chi connectivity index (χ0v) is 21.7. The van der Waals surface area contributed by atoms with Crippen LogP contribution in [0.1, 0.15) is 22.4 Å². The minimum atomic E-state index is -3.61. The number of nitrogens with zero attached hydrogens (tertiary/aromatic N) is 1. The third-order valence-corrected chi connectivity index (χ3v) is 9.49. The van der Waals surface area contributed by atoms with Crippen molar-refractivity contribution in [3.8, 4) is 16.2 Å². The molecule has 0 spiro atoms. The maximum absolute atomic E-state index is 12.9. The van der Waals surface area contributed by atoms with Crippen molar-refractivity contribution in [3.63, 3.8) is 0 Å². The summed E-state index contributed by atoms with van der Waals surface area (Å²) in [5.41, 5.74) is 5.72. The third-order valence-electron chi connectivity index (χ3n) is 6.42. The molecule has 2 N–H and O–H groups in total. The minimum absolute atomic E-state index is 0.285. The van der Waals surface area contributed by atoms with E-state index in [0.29, 0.717) is 19.0 Å². The smallest absolute Gasteiger partial charge is 0.250 e. The summed E-state index contributed by atoms with van der Waals surface area (Å²) in [6, 6.07) is 24.3. The molecule has 5 rings (SSSR count). The molecule has 4 aromatic rings. The number of pyridine rings is 1. The average molecular weight is 520 g/mol. The van der Waals surface area contributed by atoms with E-state index in [1.54, 1.807) is 19.4 Å². The fraction of sp³-hybridized carbons (Fsp3) is 0.250. The fourth-order valence-electron chi connectivity index (χ4n) is 4.56. The van der Waals surface area contributed by atoms with Crippen LogP contribution in [0.3, 0.4) is 0 Å². The van der Waals surface area contributed by atoms with E-state index in [2.05, 4.69) is 51.4 Å². The van der Waals surface area contributed by atoms with E-state index in [1.807, 2.05) is 30.3 Å². The van der Waals surface area contributed by atoms with Gasteiger partial charge in [0.15, 0.2) is 0 Å². The lowest BCUT2D eigenvalue weighted by atomic mass is 10.1. The topological polar surface area (TPSA) is 80.3 Å². The van der Waals surface area contributed by atoms with Gasteiger partial charge in [0.05, 0.1) is 7.11 Å². The van der Waals surface area contributed by atoms with Gasteiger partial charge in [0, 0.05) is 47.9 Å². The van der Waals surface area contributed by atoms with Crippen LogP contribution < -0.4 is 14.8 Å². The minimum Gasteiger partial charge on any atom is -0.496 e. The van der Waals surface area contributed by atoms with E-state index in [1.165, 1.54) is 22.5 Å². The number of nitrogens with one attached hydrogen (secondary N) is 2. The molecule has 1 aliphatic rings. The highest BCUT2D eigenvalue weighted by Gasteiger charge is 2.21. The van der Waals surface area contributed by atoms with Crippen LogP contribution in [-0.2, 0) is 35.8 Å². The number of sulfonamides is 1. The van der Waals surface area contributed by atoms with Crippen molar-refractivity contribution in [2.24, 2.45) is 0 Å². The van der Waals surface area contributed by atoms with E-state index >= 15 is 0 Å². The second-order valence-electron chi connectivity index (χ2n) is 8.88. The molecule has 36 heavy (non-hydrogen) atoms. The monoisotopic (exact) mass is 519 g/mol. The first kappa shape index (κ1) is 24.6. The molecule has 186 valence electrons. The molecule has 1 aliphatic carbocycles. The van der Waals surface area contributed by atoms with Crippen LogP contribution in [0, 0.1) is 0 Å². The van der Waals surface area contributed by atoms with E-state index in [9.17, 15) is 8.42 Å². The number of aromatic nitrogens is 1. The van der Waals surface area contributed by atoms with Gasteiger partial charge in [0.2, 0.25) is 10.0 Å². The Morgan fingerprint density at radius 1 is 1.00 bits per heavy atom. The standard InChI is InChI=1S/C28H29N3O3S2/c1-34-26-10-9-20(19-30-24-17-21-6-2-3-7-22(21)18-24)16-25(26)27-11-12-28(35-27)36(32,33)31-15-13-23-8-4-5-14-29-23/h2-12,14,16,24,30-31H,13,15,17-19H2,1H3. The van der Waals surface area contributed by atoms with Crippen LogP contribution in [0.4, 0.5) is 0 Å². The molecular weight excluding hydrogens is 490 g/mol. The summed E-state index contributed by atoms with van der Waals surface area (Å²) in [6.07, 6.45) is 4.32. The van der Waals surface area contributed by atoms with Crippen molar-refractivity contribution in [2.75, 3.05) is 13.7 Å². The molecule has 6 nitrogen and oxygen atoms in total. The van der Waals surface area contributed by atoms with Gasteiger partial charge in [-0.15, -0.1) is 11.3 Å². The van der Waals surface area contributed by atoms with E-state index < -0.39 is 10.0 Å². The van der Waals surface area contributed by atoms with Crippen LogP contribution in [0.5, 0.6) is 5.75 Å². The zero-order chi connectivity index (χ0) is 25.0. The number of thiophene rings is 1. The first-order valence-electron chi connectivity index (χ1n) is 12.0. The number of hydrogen-bond acceptors (Lipinski definition) is 6. The summed E-state index contributed by atoms with van der Waals surface area (Å²) in [6.45, 7) is 1.03. The molecule has 0 saturated carbocycles. The Bertz CT molecular complexity index is 1410. The second kappa shape index (κ2) is 10.9. The largest absolute Gasteiger partial charge is 0.496 e. The van der Waals surface area contributed by atoms with Crippen molar-refractivity contribution in [1.29, 1.82) is 0 Å². The van der Waals surface area contributed by atoms with Gasteiger partial charge in [-0.3, -0.25) is 4.98 Å². The molecule has 2 aromatic heterocycles. The van der Waals surface area contributed by atoms with Crippen LogP contribution in [-0.4, -0.2) is 33.1 Å². The predicted molar refractivity (Wildman–Crippen MR) is 144 cm³/mol. The van der Waals surface area contributed by atoms with Gasteiger partial charge in [-0.05, 0) is 65.9 Å². The molecule has 0 radical (unpaired) electrons. The molecule has 0 saturated heterocycles. The molecule has 0 unspecified atom stereocenters. The SMILES string of the molecule is COc1ccc(CNC2Cc3ccccc3C2)cc1-c1ccc(S(=O)(=O)NCCc2ccccn2)s1. The maximum Gasteiger partial charge on any atom is 0.250 e. The summed E-state index contributed by atoms with van der Waals surface area (Å²) in [4.78, 5) is 5.10. The Labute approximate surface area is 216 Å². The lowest BCUT2D eigenvalue weighted by molar-refractivity contribution is 0.416. The summed E-state index contributed by atoms with van der Waals surface area (Å²) in [5, 5.41) is 3.68. The number of ether oxygens (including phenoxy) is 1. The fourth-order valence-corrected chi connectivity index (χ4v) is 6.97. The van der Waals surface area contributed by atoms with Gasteiger partial charge < -0.3 is 10.1 Å². The maximum atomic E-state index is 12.9. The van der Waals surface area contributed by atoms with Crippen molar-refractivity contribution in [3.05, 3.63) is 101 Å². The van der Waals surface area contributed by atoms with E-state index in [-0.39, 0.29) is 4.21 Å². The predicted octanol–water partition coefficient (Wildman–Crippen LogP) is 4.60. The van der Waals surface area contributed by atoms with Gasteiger partial charge in [-0.2, -0.15) is 0 Å². The van der Waals surface area contributed by atoms with Gasteiger partial charge >= 0.3 is 0 Å². The lowest BCUT2D eigenvalue weighted by Crippen LogP contribution is -2.28. The zero-order valence-electron chi connectivity index (χ0n) is 20.1. The molecule has 0 amide bonds. The van der Waals surface area contributed by atoms with Gasteiger partial charge in [-0.25, -0.2) is 13.1 Å². The number of methoxy groups -OCH3 is 1. The first-order valence-corrected chi connectivity index (χ1v) is 14.3. The number of fused-ring (bicyclic) bond motifs is 1. The molecule has 8 heteroatoms. The van der Waals surface area contributed by atoms with Crippen molar-refractivity contribution >= 4 is 21.4 Å². The molecule has 2 heterocycles.